The molecule has 1 N–H and O–H groups in total. The minimum atomic E-state index is 0.679. The van der Waals surface area contributed by atoms with Crippen LogP contribution in [0.1, 0.15) is 18.6 Å². The number of fused-ring (bicyclic) bond motifs is 1. The van der Waals surface area contributed by atoms with Gasteiger partial charge in [-0.2, -0.15) is 0 Å². The molecule has 6 nitrogen and oxygen atoms in total. The quantitative estimate of drug-likeness (QED) is 0.729. The van der Waals surface area contributed by atoms with Crippen molar-refractivity contribution in [3.8, 4) is 0 Å². The zero-order valence-electron chi connectivity index (χ0n) is 12.1. The first-order chi connectivity index (χ1) is 10.2. The predicted molar refractivity (Wildman–Crippen MR) is 86.9 cm³/mol. The lowest BCUT2D eigenvalue weighted by Crippen LogP contribution is -2.03. The normalized spacial score (nSPS) is 11.2. The van der Waals surface area contributed by atoms with E-state index in [2.05, 4.69) is 38.5 Å². The summed E-state index contributed by atoms with van der Waals surface area (Å²) in [5.74, 6) is 3.30. The third-order valence-corrected chi connectivity index (χ3v) is 4.92. The molecule has 3 heterocycles. The van der Waals surface area contributed by atoms with Crippen LogP contribution in [0.25, 0.3) is 10.2 Å². The highest BCUT2D eigenvalue weighted by Gasteiger charge is 2.11. The molecule has 0 atom stereocenters. The molecule has 0 fully saturated rings. The van der Waals surface area contributed by atoms with Gasteiger partial charge >= 0.3 is 0 Å². The summed E-state index contributed by atoms with van der Waals surface area (Å²) in [6, 6.07) is 2.06. The molecular formula is C13H16N6S2. The number of hydrogen-bond acceptors (Lipinski definition) is 7. The van der Waals surface area contributed by atoms with E-state index < -0.39 is 0 Å². The van der Waals surface area contributed by atoms with Crippen LogP contribution in [0.15, 0.2) is 16.6 Å². The van der Waals surface area contributed by atoms with Crippen LogP contribution in [0.4, 0.5) is 5.82 Å². The monoisotopic (exact) mass is 320 g/mol. The average Bonchev–Trinajstić information content (AvgIpc) is 3.06. The molecular weight excluding hydrogens is 304 g/mol. The van der Waals surface area contributed by atoms with Gasteiger partial charge in [-0.15, -0.1) is 21.5 Å². The number of nitrogens with one attached hydrogen (secondary N) is 1. The summed E-state index contributed by atoms with van der Waals surface area (Å²) in [6.45, 7) is 4.85. The first-order valence-corrected chi connectivity index (χ1v) is 8.52. The molecule has 0 aliphatic rings. The van der Waals surface area contributed by atoms with Gasteiger partial charge in [0.25, 0.3) is 0 Å². The van der Waals surface area contributed by atoms with E-state index in [1.165, 1.54) is 0 Å². The molecule has 21 heavy (non-hydrogen) atoms. The van der Waals surface area contributed by atoms with Crippen molar-refractivity contribution in [2.75, 3.05) is 11.9 Å². The van der Waals surface area contributed by atoms with Gasteiger partial charge in [0.05, 0.1) is 11.1 Å². The summed E-state index contributed by atoms with van der Waals surface area (Å²) >= 11 is 3.24. The first kappa shape index (κ1) is 14.3. The van der Waals surface area contributed by atoms with Crippen LogP contribution < -0.4 is 5.32 Å². The van der Waals surface area contributed by atoms with Gasteiger partial charge in [-0.25, -0.2) is 9.97 Å². The van der Waals surface area contributed by atoms with E-state index in [9.17, 15) is 0 Å². The summed E-state index contributed by atoms with van der Waals surface area (Å²) in [5, 5.41) is 15.5. The Morgan fingerprint density at radius 3 is 2.90 bits per heavy atom. The maximum atomic E-state index is 4.62. The average molecular weight is 320 g/mol. The molecule has 8 heteroatoms. The SMILES string of the molecule is CCNc1nc(CSc2nnc(C)n2C)nc2sccc12. The second-order valence-corrected chi connectivity index (χ2v) is 6.37. The third-order valence-electron chi connectivity index (χ3n) is 3.10. The van der Waals surface area contributed by atoms with Gasteiger partial charge in [0.1, 0.15) is 22.3 Å². The van der Waals surface area contributed by atoms with Crippen molar-refractivity contribution in [2.45, 2.75) is 24.8 Å². The molecule has 110 valence electrons. The van der Waals surface area contributed by atoms with Crippen molar-refractivity contribution >= 4 is 39.1 Å². The highest BCUT2D eigenvalue weighted by molar-refractivity contribution is 7.98. The van der Waals surface area contributed by atoms with Crippen molar-refractivity contribution in [1.82, 2.24) is 24.7 Å². The number of rotatable bonds is 5. The maximum absolute atomic E-state index is 4.62. The van der Waals surface area contributed by atoms with Gasteiger partial charge in [-0.05, 0) is 25.3 Å². The second-order valence-electron chi connectivity index (χ2n) is 4.54. The van der Waals surface area contributed by atoms with Crippen LogP contribution >= 0.6 is 23.1 Å². The number of anilines is 1. The topological polar surface area (TPSA) is 68.5 Å². The Kier molecular flexibility index (Phi) is 4.07. The molecule has 0 aliphatic heterocycles. The van der Waals surface area contributed by atoms with Crippen molar-refractivity contribution in [2.24, 2.45) is 7.05 Å². The Hall–Kier alpha value is -1.67. The van der Waals surface area contributed by atoms with E-state index in [-0.39, 0.29) is 0 Å². The predicted octanol–water partition coefficient (Wildman–Crippen LogP) is 2.85. The van der Waals surface area contributed by atoms with E-state index in [1.54, 1.807) is 23.1 Å². The molecule has 3 aromatic rings. The molecule has 0 spiro atoms. The van der Waals surface area contributed by atoms with E-state index in [4.69, 9.17) is 0 Å². The van der Waals surface area contributed by atoms with E-state index >= 15 is 0 Å². The smallest absolute Gasteiger partial charge is 0.191 e. The molecule has 3 aromatic heterocycles. The van der Waals surface area contributed by atoms with Crippen LogP contribution in [0, 0.1) is 6.92 Å². The largest absolute Gasteiger partial charge is 0.370 e. The van der Waals surface area contributed by atoms with Gasteiger partial charge in [-0.3, -0.25) is 0 Å². The molecule has 0 saturated heterocycles. The fourth-order valence-corrected chi connectivity index (χ4v) is 3.50. The van der Waals surface area contributed by atoms with Crippen LogP contribution in [-0.4, -0.2) is 31.3 Å². The fraction of sp³-hybridized carbons (Fsp3) is 0.385. The van der Waals surface area contributed by atoms with Gasteiger partial charge in [-0.1, -0.05) is 11.8 Å². The zero-order chi connectivity index (χ0) is 14.8. The Labute approximate surface area is 131 Å². The minimum absolute atomic E-state index is 0.679. The number of aromatic nitrogens is 5. The van der Waals surface area contributed by atoms with Crippen molar-refractivity contribution < 1.29 is 0 Å². The Bertz CT molecular complexity index is 763. The van der Waals surface area contributed by atoms with Crippen molar-refractivity contribution in [3.63, 3.8) is 0 Å². The van der Waals surface area contributed by atoms with Crippen molar-refractivity contribution in [3.05, 3.63) is 23.1 Å². The summed E-state index contributed by atoms with van der Waals surface area (Å²) in [4.78, 5) is 10.3. The van der Waals surface area contributed by atoms with Crippen LogP contribution in [0.3, 0.4) is 0 Å². The summed E-state index contributed by atoms with van der Waals surface area (Å²) in [5.41, 5.74) is 0. The molecule has 0 aromatic carbocycles. The van der Waals surface area contributed by atoms with Gasteiger partial charge in [0.15, 0.2) is 5.16 Å². The number of thioether (sulfide) groups is 1. The Morgan fingerprint density at radius 1 is 1.33 bits per heavy atom. The highest BCUT2D eigenvalue weighted by atomic mass is 32.2. The summed E-state index contributed by atoms with van der Waals surface area (Å²) < 4.78 is 1.97. The molecule has 0 radical (unpaired) electrons. The van der Waals surface area contributed by atoms with E-state index in [0.29, 0.717) is 5.75 Å². The third kappa shape index (κ3) is 2.86. The Balaban J connectivity index is 1.85. The highest BCUT2D eigenvalue weighted by Crippen LogP contribution is 2.27. The van der Waals surface area contributed by atoms with Gasteiger partial charge in [0, 0.05) is 13.6 Å². The summed E-state index contributed by atoms with van der Waals surface area (Å²) in [7, 11) is 1.96. The standard InChI is InChI=1S/C13H16N6S2/c1-4-14-11-9-5-6-20-12(9)16-10(15-11)7-21-13-18-17-8(2)19(13)3/h5-6H,4,7H2,1-3H3,(H,14,15,16). The molecule has 0 unspecified atom stereocenters. The maximum Gasteiger partial charge on any atom is 0.191 e. The van der Waals surface area contributed by atoms with Gasteiger partial charge in [0.2, 0.25) is 0 Å². The summed E-state index contributed by atoms with van der Waals surface area (Å²) in [6.07, 6.45) is 0. The van der Waals surface area contributed by atoms with E-state index in [0.717, 1.165) is 39.4 Å². The van der Waals surface area contributed by atoms with Crippen LogP contribution in [0.5, 0.6) is 0 Å². The first-order valence-electron chi connectivity index (χ1n) is 6.65. The molecule has 0 saturated carbocycles. The number of aryl methyl sites for hydroxylation is 1. The van der Waals surface area contributed by atoms with E-state index in [1.807, 2.05) is 23.9 Å². The molecule has 3 rings (SSSR count). The van der Waals surface area contributed by atoms with Crippen LogP contribution in [0.2, 0.25) is 0 Å². The lowest BCUT2D eigenvalue weighted by molar-refractivity contribution is 0.765. The zero-order valence-corrected chi connectivity index (χ0v) is 13.8. The lowest BCUT2D eigenvalue weighted by atomic mass is 10.3. The number of nitrogens with zero attached hydrogens (tertiary/aromatic N) is 5. The van der Waals surface area contributed by atoms with Gasteiger partial charge < -0.3 is 9.88 Å². The molecule has 0 amide bonds. The Morgan fingerprint density at radius 2 is 2.19 bits per heavy atom. The number of hydrogen-bond donors (Lipinski definition) is 1. The fourth-order valence-electron chi connectivity index (χ4n) is 1.91. The van der Waals surface area contributed by atoms with Crippen LogP contribution in [-0.2, 0) is 12.8 Å². The molecule has 0 bridgehead atoms. The second kappa shape index (κ2) is 5.98. The number of thiophene rings is 1. The minimum Gasteiger partial charge on any atom is -0.370 e. The lowest BCUT2D eigenvalue weighted by Gasteiger charge is -2.06. The molecule has 0 aliphatic carbocycles. The van der Waals surface area contributed by atoms with Crippen molar-refractivity contribution in [1.29, 1.82) is 0 Å².